The minimum absolute atomic E-state index is 0.0414. The van der Waals surface area contributed by atoms with Crippen molar-refractivity contribution in [3.8, 4) is 0 Å². The van der Waals surface area contributed by atoms with Crippen LogP contribution < -0.4 is 10.6 Å². The number of halogens is 1. The molecule has 3 heteroatoms. The highest BCUT2D eigenvalue weighted by molar-refractivity contribution is 5.49. The van der Waals surface area contributed by atoms with Crippen LogP contribution in [0.5, 0.6) is 0 Å². The average molecular weight is 264 g/mol. The number of nitrogens with two attached hydrogens (primary N) is 1. The van der Waals surface area contributed by atoms with Gasteiger partial charge in [0.2, 0.25) is 0 Å². The molecule has 106 valence electrons. The minimum Gasteiger partial charge on any atom is -0.367 e. The third-order valence-electron chi connectivity index (χ3n) is 4.96. The minimum atomic E-state index is -0.187. The molecule has 0 heterocycles. The van der Waals surface area contributed by atoms with E-state index in [1.807, 2.05) is 13.1 Å². The smallest absolute Gasteiger partial charge is 0.125 e. The topological polar surface area (TPSA) is 29.3 Å². The number of nitrogens with zero attached hydrogens (tertiary/aromatic N) is 1. The summed E-state index contributed by atoms with van der Waals surface area (Å²) < 4.78 is 13.4. The van der Waals surface area contributed by atoms with Crippen LogP contribution in [-0.2, 0) is 0 Å². The number of hydrogen-bond donors (Lipinski definition) is 1. The van der Waals surface area contributed by atoms with E-state index in [9.17, 15) is 4.39 Å². The molecule has 1 aromatic carbocycles. The molecular formula is C16H25FN2. The van der Waals surface area contributed by atoms with Crippen LogP contribution in [-0.4, -0.2) is 19.1 Å². The lowest BCUT2D eigenvalue weighted by atomic mass is 9.69. The Bertz CT molecular complexity index is 435. The molecule has 2 rings (SSSR count). The maximum absolute atomic E-state index is 13.4. The maximum Gasteiger partial charge on any atom is 0.125 e. The van der Waals surface area contributed by atoms with E-state index >= 15 is 0 Å². The first-order valence-electron chi connectivity index (χ1n) is 7.19. The van der Waals surface area contributed by atoms with E-state index < -0.39 is 0 Å². The van der Waals surface area contributed by atoms with Crippen molar-refractivity contribution in [1.29, 1.82) is 0 Å². The summed E-state index contributed by atoms with van der Waals surface area (Å²) in [6.07, 6.45) is 3.47. The van der Waals surface area contributed by atoms with Gasteiger partial charge < -0.3 is 10.6 Å². The summed E-state index contributed by atoms with van der Waals surface area (Å²) >= 11 is 0. The second-order valence-corrected chi connectivity index (χ2v) is 6.13. The standard InChI is InChI=1S/C16H25FN2/c1-12-7-8-16(11-18,13(2)9-12)19(3)15-6-4-5-14(17)10-15/h4-6,10,12-13H,7-9,11,18H2,1-3H3. The van der Waals surface area contributed by atoms with Crippen LogP contribution in [0, 0.1) is 17.7 Å². The molecule has 19 heavy (non-hydrogen) atoms. The molecule has 1 saturated carbocycles. The van der Waals surface area contributed by atoms with E-state index in [4.69, 9.17) is 5.73 Å². The van der Waals surface area contributed by atoms with Gasteiger partial charge in [0.05, 0.1) is 5.54 Å². The van der Waals surface area contributed by atoms with Crippen molar-refractivity contribution in [1.82, 2.24) is 0 Å². The Morgan fingerprint density at radius 2 is 2.16 bits per heavy atom. The summed E-state index contributed by atoms with van der Waals surface area (Å²) in [5.41, 5.74) is 7.00. The fourth-order valence-electron chi connectivity index (χ4n) is 3.56. The first-order chi connectivity index (χ1) is 8.99. The fraction of sp³-hybridized carbons (Fsp3) is 0.625. The highest BCUT2D eigenvalue weighted by Gasteiger charge is 2.42. The van der Waals surface area contributed by atoms with E-state index in [0.717, 1.165) is 18.0 Å². The molecule has 1 aliphatic carbocycles. The monoisotopic (exact) mass is 264 g/mol. The molecule has 0 bridgehead atoms. The van der Waals surface area contributed by atoms with Gasteiger partial charge in [-0.3, -0.25) is 0 Å². The molecule has 0 spiro atoms. The maximum atomic E-state index is 13.4. The molecule has 1 aromatic rings. The third-order valence-corrected chi connectivity index (χ3v) is 4.96. The van der Waals surface area contributed by atoms with Gasteiger partial charge in [-0.1, -0.05) is 19.9 Å². The molecule has 2 nitrogen and oxygen atoms in total. The lowest BCUT2D eigenvalue weighted by Crippen LogP contribution is -2.59. The molecule has 0 aliphatic heterocycles. The molecular weight excluding hydrogens is 239 g/mol. The van der Waals surface area contributed by atoms with E-state index in [2.05, 4.69) is 18.7 Å². The predicted molar refractivity (Wildman–Crippen MR) is 78.8 cm³/mol. The summed E-state index contributed by atoms with van der Waals surface area (Å²) in [7, 11) is 2.05. The SMILES string of the molecule is CC1CCC(CN)(N(C)c2cccc(F)c2)C(C)C1. The van der Waals surface area contributed by atoms with Crippen molar-refractivity contribution in [2.45, 2.75) is 38.6 Å². The van der Waals surface area contributed by atoms with Crippen LogP contribution in [0.4, 0.5) is 10.1 Å². The van der Waals surface area contributed by atoms with Gasteiger partial charge in [0.25, 0.3) is 0 Å². The Balaban J connectivity index is 2.30. The summed E-state index contributed by atoms with van der Waals surface area (Å²) in [6.45, 7) is 5.20. The molecule has 0 saturated heterocycles. The van der Waals surface area contributed by atoms with Crippen molar-refractivity contribution in [3.05, 3.63) is 30.1 Å². The summed E-state index contributed by atoms with van der Waals surface area (Å²) in [5, 5.41) is 0. The second kappa shape index (κ2) is 5.49. The van der Waals surface area contributed by atoms with Crippen LogP contribution >= 0.6 is 0 Å². The second-order valence-electron chi connectivity index (χ2n) is 6.13. The fourth-order valence-corrected chi connectivity index (χ4v) is 3.56. The van der Waals surface area contributed by atoms with Gasteiger partial charge in [-0.05, 0) is 49.3 Å². The van der Waals surface area contributed by atoms with Crippen molar-refractivity contribution >= 4 is 5.69 Å². The normalized spacial score (nSPS) is 31.2. The lowest BCUT2D eigenvalue weighted by Gasteiger charge is -2.51. The van der Waals surface area contributed by atoms with Crippen LogP contribution in [0.2, 0.25) is 0 Å². The van der Waals surface area contributed by atoms with Gasteiger partial charge in [-0.2, -0.15) is 0 Å². The largest absolute Gasteiger partial charge is 0.367 e. The van der Waals surface area contributed by atoms with Gasteiger partial charge >= 0.3 is 0 Å². The van der Waals surface area contributed by atoms with Crippen LogP contribution in [0.1, 0.15) is 33.1 Å². The average Bonchev–Trinajstić information content (AvgIpc) is 2.39. The van der Waals surface area contributed by atoms with Crippen molar-refractivity contribution in [3.63, 3.8) is 0 Å². The number of rotatable bonds is 3. The van der Waals surface area contributed by atoms with Crippen LogP contribution in [0.25, 0.3) is 0 Å². The molecule has 0 amide bonds. The summed E-state index contributed by atoms with van der Waals surface area (Å²) in [6, 6.07) is 6.81. The zero-order valence-corrected chi connectivity index (χ0v) is 12.2. The van der Waals surface area contributed by atoms with E-state index in [0.29, 0.717) is 12.5 Å². The van der Waals surface area contributed by atoms with E-state index in [1.165, 1.54) is 18.9 Å². The Morgan fingerprint density at radius 3 is 2.74 bits per heavy atom. The van der Waals surface area contributed by atoms with Gasteiger partial charge in [0.1, 0.15) is 5.82 Å². The quantitative estimate of drug-likeness (QED) is 0.906. The van der Waals surface area contributed by atoms with Crippen LogP contribution in [0.15, 0.2) is 24.3 Å². The lowest BCUT2D eigenvalue weighted by molar-refractivity contribution is 0.164. The Kier molecular flexibility index (Phi) is 4.14. The summed E-state index contributed by atoms with van der Waals surface area (Å²) in [4.78, 5) is 2.20. The Hall–Kier alpha value is -1.09. The molecule has 0 radical (unpaired) electrons. The van der Waals surface area contributed by atoms with Crippen molar-refractivity contribution < 1.29 is 4.39 Å². The molecule has 2 N–H and O–H groups in total. The molecule has 0 aromatic heterocycles. The number of benzene rings is 1. The molecule has 3 unspecified atom stereocenters. The third kappa shape index (κ3) is 2.62. The molecule has 3 atom stereocenters. The predicted octanol–water partition coefficient (Wildman–Crippen LogP) is 3.42. The van der Waals surface area contributed by atoms with Gasteiger partial charge in [0.15, 0.2) is 0 Å². The number of anilines is 1. The number of likely N-dealkylation sites (N-methyl/N-ethyl adjacent to an activating group) is 1. The first-order valence-corrected chi connectivity index (χ1v) is 7.19. The highest BCUT2D eigenvalue weighted by Crippen LogP contribution is 2.41. The van der Waals surface area contributed by atoms with Gasteiger partial charge in [-0.15, -0.1) is 0 Å². The molecule has 1 fully saturated rings. The van der Waals surface area contributed by atoms with Crippen molar-refractivity contribution in [2.24, 2.45) is 17.6 Å². The van der Waals surface area contributed by atoms with E-state index in [-0.39, 0.29) is 11.4 Å². The first kappa shape index (κ1) is 14.3. The van der Waals surface area contributed by atoms with Gasteiger partial charge in [0, 0.05) is 19.3 Å². The zero-order valence-electron chi connectivity index (χ0n) is 12.2. The Labute approximate surface area is 115 Å². The van der Waals surface area contributed by atoms with Crippen molar-refractivity contribution in [2.75, 3.05) is 18.5 Å². The zero-order chi connectivity index (χ0) is 14.0. The van der Waals surface area contributed by atoms with Crippen LogP contribution in [0.3, 0.4) is 0 Å². The van der Waals surface area contributed by atoms with E-state index in [1.54, 1.807) is 12.1 Å². The highest BCUT2D eigenvalue weighted by atomic mass is 19.1. The Morgan fingerprint density at radius 1 is 1.42 bits per heavy atom. The van der Waals surface area contributed by atoms with Gasteiger partial charge in [-0.25, -0.2) is 4.39 Å². The number of hydrogen-bond acceptors (Lipinski definition) is 2. The molecule has 1 aliphatic rings. The summed E-state index contributed by atoms with van der Waals surface area (Å²) in [5.74, 6) is 1.10.